The van der Waals surface area contributed by atoms with Crippen LogP contribution in [0.5, 0.6) is 0 Å². The number of aromatic nitrogens is 4. The maximum atomic E-state index is 11.2. The molecule has 2 saturated heterocycles. The summed E-state index contributed by atoms with van der Waals surface area (Å²) in [7, 11) is 1.89. The molecule has 26 heavy (non-hydrogen) atoms. The zero-order valence-electron chi connectivity index (χ0n) is 14.3. The summed E-state index contributed by atoms with van der Waals surface area (Å²) >= 11 is 0. The highest BCUT2D eigenvalue weighted by Crippen LogP contribution is 2.49. The number of likely N-dealkylation sites (tertiary alicyclic amines) is 1. The lowest BCUT2D eigenvalue weighted by atomic mass is 9.64. The first-order valence-electron chi connectivity index (χ1n) is 8.50. The normalized spacial score (nSPS) is 20.8. The molecule has 0 saturated carbocycles. The fraction of sp³-hybridized carbons (Fsp3) is 0.333. The molecule has 2 aromatic heterocycles. The van der Waals surface area contributed by atoms with Crippen LogP contribution in [0.25, 0.3) is 22.0 Å². The number of carboxylic acid groups (broad SMARTS) is 1. The Kier molecular flexibility index (Phi) is 3.08. The van der Waals surface area contributed by atoms with E-state index in [0.717, 1.165) is 34.1 Å². The van der Waals surface area contributed by atoms with E-state index >= 15 is 0 Å². The van der Waals surface area contributed by atoms with Crippen LogP contribution in [0.3, 0.4) is 0 Å². The Hall–Kier alpha value is -3.00. The van der Waals surface area contributed by atoms with Gasteiger partial charge in [0, 0.05) is 61.5 Å². The van der Waals surface area contributed by atoms with E-state index < -0.39 is 6.09 Å². The molecule has 132 valence electrons. The van der Waals surface area contributed by atoms with Gasteiger partial charge in [-0.25, -0.2) is 14.8 Å². The highest BCUT2D eigenvalue weighted by atomic mass is 16.4. The Balaban J connectivity index is 1.60. The van der Waals surface area contributed by atoms with E-state index in [9.17, 15) is 9.90 Å². The standard InChI is InChI=1S/C18H18N6O2/c1-23-6-12(4-22-23)11-2-13(14-5-19-10-21-15(14)3-11)16-18(7-20-16)8-24(9-18)17(25)26/h2-6,10,16,20H,7-9H2,1H3,(H,25,26). The highest BCUT2D eigenvalue weighted by molar-refractivity contribution is 5.87. The first-order valence-corrected chi connectivity index (χ1v) is 8.50. The smallest absolute Gasteiger partial charge is 0.407 e. The lowest BCUT2D eigenvalue weighted by molar-refractivity contribution is -0.0670. The number of aryl methyl sites for hydroxylation is 1. The van der Waals surface area contributed by atoms with Gasteiger partial charge in [-0.15, -0.1) is 0 Å². The number of amides is 1. The predicted molar refractivity (Wildman–Crippen MR) is 94.5 cm³/mol. The second-order valence-electron chi connectivity index (χ2n) is 7.24. The molecule has 0 radical (unpaired) electrons. The number of nitrogens with one attached hydrogen (secondary N) is 1. The van der Waals surface area contributed by atoms with Gasteiger partial charge in [-0.2, -0.15) is 5.10 Å². The first kappa shape index (κ1) is 15.3. The van der Waals surface area contributed by atoms with Crippen LogP contribution >= 0.6 is 0 Å². The van der Waals surface area contributed by atoms with Crippen LogP contribution in [0.1, 0.15) is 11.6 Å². The Morgan fingerprint density at radius 1 is 1.31 bits per heavy atom. The van der Waals surface area contributed by atoms with Crippen LogP contribution in [0.4, 0.5) is 4.79 Å². The Morgan fingerprint density at radius 3 is 2.81 bits per heavy atom. The van der Waals surface area contributed by atoms with E-state index in [1.54, 1.807) is 11.0 Å². The number of carbonyl (C=O) groups is 1. The minimum atomic E-state index is -0.849. The summed E-state index contributed by atoms with van der Waals surface area (Å²) in [5.74, 6) is 0. The highest BCUT2D eigenvalue weighted by Gasteiger charge is 2.57. The van der Waals surface area contributed by atoms with Crippen molar-refractivity contribution in [2.45, 2.75) is 6.04 Å². The van der Waals surface area contributed by atoms with Crippen molar-refractivity contribution in [1.29, 1.82) is 0 Å². The van der Waals surface area contributed by atoms with E-state index in [1.807, 2.05) is 31.7 Å². The summed E-state index contributed by atoms with van der Waals surface area (Å²) in [6.07, 6.45) is 6.36. The lowest BCUT2D eigenvalue weighted by Crippen LogP contribution is -2.72. The van der Waals surface area contributed by atoms with Crippen LogP contribution in [0.2, 0.25) is 0 Å². The van der Waals surface area contributed by atoms with Gasteiger partial charge in [0.1, 0.15) is 6.33 Å². The minimum Gasteiger partial charge on any atom is -0.465 e. The molecule has 0 aliphatic carbocycles. The van der Waals surface area contributed by atoms with Gasteiger partial charge in [-0.3, -0.25) is 4.68 Å². The largest absolute Gasteiger partial charge is 0.465 e. The maximum absolute atomic E-state index is 11.2. The van der Waals surface area contributed by atoms with Crippen molar-refractivity contribution in [3.05, 3.63) is 42.6 Å². The van der Waals surface area contributed by atoms with Gasteiger partial charge in [0.05, 0.1) is 11.7 Å². The maximum Gasteiger partial charge on any atom is 0.407 e. The quantitative estimate of drug-likeness (QED) is 0.730. The molecule has 2 aliphatic rings. The number of fused-ring (bicyclic) bond motifs is 1. The van der Waals surface area contributed by atoms with Gasteiger partial charge in [0.15, 0.2) is 0 Å². The molecule has 1 unspecified atom stereocenters. The summed E-state index contributed by atoms with van der Waals surface area (Å²) in [5, 5.41) is 17.9. The van der Waals surface area contributed by atoms with Crippen LogP contribution in [-0.4, -0.2) is 55.5 Å². The number of hydrogen-bond acceptors (Lipinski definition) is 5. The second-order valence-corrected chi connectivity index (χ2v) is 7.24. The van der Waals surface area contributed by atoms with E-state index in [1.165, 1.54) is 4.90 Å². The molecule has 8 nitrogen and oxygen atoms in total. The second kappa shape index (κ2) is 5.25. The third-order valence-corrected chi connectivity index (χ3v) is 5.56. The van der Waals surface area contributed by atoms with Crippen LogP contribution in [0, 0.1) is 5.41 Å². The molecule has 2 N–H and O–H groups in total. The molecule has 0 bridgehead atoms. The molecular formula is C18H18N6O2. The van der Waals surface area contributed by atoms with E-state index in [4.69, 9.17) is 0 Å². The molecule has 4 heterocycles. The first-order chi connectivity index (χ1) is 12.6. The zero-order valence-corrected chi connectivity index (χ0v) is 14.3. The average Bonchev–Trinajstić information content (AvgIpc) is 2.99. The van der Waals surface area contributed by atoms with Crippen molar-refractivity contribution in [1.82, 2.24) is 30.0 Å². The molecule has 1 amide bonds. The molecule has 3 aromatic rings. The summed E-state index contributed by atoms with van der Waals surface area (Å²) in [5.41, 5.74) is 4.06. The molecule has 2 aliphatic heterocycles. The number of nitrogens with zero attached hydrogens (tertiary/aromatic N) is 5. The molecule has 1 atom stereocenters. The van der Waals surface area contributed by atoms with Crippen LogP contribution in [-0.2, 0) is 7.05 Å². The van der Waals surface area contributed by atoms with Gasteiger partial charge in [0.25, 0.3) is 0 Å². The summed E-state index contributed by atoms with van der Waals surface area (Å²) in [6.45, 7) is 1.95. The Morgan fingerprint density at radius 2 is 2.15 bits per heavy atom. The minimum absolute atomic E-state index is 0.0330. The van der Waals surface area contributed by atoms with Crippen molar-refractivity contribution >= 4 is 17.0 Å². The molecule has 2 fully saturated rings. The van der Waals surface area contributed by atoms with Crippen molar-refractivity contribution in [3.8, 4) is 11.1 Å². The topological polar surface area (TPSA) is 96.2 Å². The SMILES string of the molecule is Cn1cc(-c2cc(C3NCC34CN(C(=O)O)C4)c3cncnc3c2)cn1. The Labute approximate surface area is 149 Å². The van der Waals surface area contributed by atoms with E-state index in [0.29, 0.717) is 13.1 Å². The number of rotatable bonds is 2. The van der Waals surface area contributed by atoms with Crippen LogP contribution < -0.4 is 5.32 Å². The summed E-state index contributed by atoms with van der Waals surface area (Å²) < 4.78 is 1.78. The van der Waals surface area contributed by atoms with Gasteiger partial charge >= 0.3 is 6.09 Å². The fourth-order valence-corrected chi connectivity index (χ4v) is 4.16. The summed E-state index contributed by atoms with van der Waals surface area (Å²) in [6, 6.07) is 4.31. The van der Waals surface area contributed by atoms with Crippen LogP contribution in [0.15, 0.2) is 37.1 Å². The fourth-order valence-electron chi connectivity index (χ4n) is 4.16. The van der Waals surface area contributed by atoms with Crippen molar-refractivity contribution in [3.63, 3.8) is 0 Å². The number of benzene rings is 1. The van der Waals surface area contributed by atoms with Crippen molar-refractivity contribution in [2.24, 2.45) is 12.5 Å². The Bertz CT molecular complexity index is 1020. The predicted octanol–water partition coefficient (Wildman–Crippen LogP) is 1.65. The van der Waals surface area contributed by atoms with E-state index in [-0.39, 0.29) is 11.5 Å². The lowest BCUT2D eigenvalue weighted by Gasteiger charge is -2.60. The monoisotopic (exact) mass is 350 g/mol. The third kappa shape index (κ3) is 2.12. The third-order valence-electron chi connectivity index (χ3n) is 5.56. The molecule has 1 spiro atoms. The summed E-state index contributed by atoms with van der Waals surface area (Å²) in [4.78, 5) is 21.3. The molecule has 5 rings (SSSR count). The van der Waals surface area contributed by atoms with E-state index in [2.05, 4.69) is 26.4 Å². The van der Waals surface area contributed by atoms with Crippen molar-refractivity contribution in [2.75, 3.05) is 19.6 Å². The van der Waals surface area contributed by atoms with Gasteiger partial charge in [0.2, 0.25) is 0 Å². The number of hydrogen-bond donors (Lipinski definition) is 2. The molecule has 1 aromatic carbocycles. The average molecular weight is 350 g/mol. The van der Waals surface area contributed by atoms with Crippen molar-refractivity contribution < 1.29 is 9.90 Å². The zero-order chi connectivity index (χ0) is 17.9. The molecule has 8 heteroatoms. The van der Waals surface area contributed by atoms with Gasteiger partial charge < -0.3 is 15.3 Å². The van der Waals surface area contributed by atoms with Gasteiger partial charge in [-0.1, -0.05) is 0 Å². The molecular weight excluding hydrogens is 332 g/mol. The van der Waals surface area contributed by atoms with Gasteiger partial charge in [-0.05, 0) is 23.3 Å².